The lowest BCUT2D eigenvalue weighted by atomic mass is 10.0. The number of rotatable bonds is 1. The molecule has 0 atom stereocenters. The summed E-state index contributed by atoms with van der Waals surface area (Å²) < 4.78 is 0. The molecule has 0 spiro atoms. The molecule has 1 heterocycles. The fourth-order valence-electron chi connectivity index (χ4n) is 1.66. The minimum absolute atomic E-state index is 0.440. The summed E-state index contributed by atoms with van der Waals surface area (Å²) in [6, 6.07) is 9.87. The van der Waals surface area contributed by atoms with E-state index in [1.165, 1.54) is 11.8 Å². The second-order valence-corrected chi connectivity index (χ2v) is 4.45. The van der Waals surface area contributed by atoms with Crippen LogP contribution >= 0.6 is 11.8 Å². The topological polar surface area (TPSA) is 56.4 Å². The SMILES string of the molecule is Cc1ccccc1C(C#N)=C1SC=CC1=NO. The van der Waals surface area contributed by atoms with Crippen molar-refractivity contribution in [2.45, 2.75) is 6.92 Å². The van der Waals surface area contributed by atoms with Crippen LogP contribution in [-0.2, 0) is 0 Å². The highest BCUT2D eigenvalue weighted by Gasteiger charge is 2.18. The Morgan fingerprint density at radius 1 is 1.41 bits per heavy atom. The van der Waals surface area contributed by atoms with Crippen LogP contribution in [0.3, 0.4) is 0 Å². The summed E-state index contributed by atoms with van der Waals surface area (Å²) in [5.74, 6) is 0. The van der Waals surface area contributed by atoms with E-state index < -0.39 is 0 Å². The fourth-order valence-corrected chi connectivity index (χ4v) is 2.49. The van der Waals surface area contributed by atoms with Crippen molar-refractivity contribution in [3.63, 3.8) is 0 Å². The van der Waals surface area contributed by atoms with Gasteiger partial charge in [-0.05, 0) is 29.5 Å². The zero-order chi connectivity index (χ0) is 12.3. The van der Waals surface area contributed by atoms with Crippen LogP contribution in [0.5, 0.6) is 0 Å². The van der Waals surface area contributed by atoms with Gasteiger partial charge < -0.3 is 5.21 Å². The molecular weight excluding hydrogens is 232 g/mol. The first-order valence-corrected chi connectivity index (χ1v) is 5.92. The lowest BCUT2D eigenvalue weighted by molar-refractivity contribution is 0.320. The Morgan fingerprint density at radius 3 is 2.82 bits per heavy atom. The molecule has 84 valence electrons. The van der Waals surface area contributed by atoms with Crippen LogP contribution in [0.4, 0.5) is 0 Å². The molecule has 1 aliphatic heterocycles. The summed E-state index contributed by atoms with van der Waals surface area (Å²) in [5.41, 5.74) is 2.89. The van der Waals surface area contributed by atoms with Crippen LogP contribution in [0.15, 0.2) is 45.8 Å². The highest BCUT2D eigenvalue weighted by molar-refractivity contribution is 8.07. The van der Waals surface area contributed by atoms with Crippen molar-refractivity contribution >= 4 is 23.0 Å². The van der Waals surface area contributed by atoms with Crippen molar-refractivity contribution in [3.8, 4) is 6.07 Å². The van der Waals surface area contributed by atoms with Gasteiger partial charge in [-0.1, -0.05) is 41.2 Å². The van der Waals surface area contributed by atoms with E-state index in [2.05, 4.69) is 11.2 Å². The van der Waals surface area contributed by atoms with Gasteiger partial charge in [-0.25, -0.2) is 0 Å². The molecule has 0 bridgehead atoms. The summed E-state index contributed by atoms with van der Waals surface area (Å²) in [7, 11) is 0. The van der Waals surface area contributed by atoms with Gasteiger partial charge in [-0.15, -0.1) is 0 Å². The van der Waals surface area contributed by atoms with Crippen molar-refractivity contribution in [3.05, 3.63) is 51.8 Å². The first kappa shape index (κ1) is 11.5. The number of thioether (sulfide) groups is 1. The Labute approximate surface area is 104 Å². The Balaban J connectivity index is 2.60. The van der Waals surface area contributed by atoms with Crippen molar-refractivity contribution in [1.29, 1.82) is 5.26 Å². The number of allylic oxidation sites excluding steroid dienone is 3. The molecule has 0 fully saturated rings. The van der Waals surface area contributed by atoms with E-state index in [9.17, 15) is 5.26 Å². The van der Waals surface area contributed by atoms with E-state index in [0.29, 0.717) is 16.2 Å². The molecule has 1 N–H and O–H groups in total. The lowest BCUT2D eigenvalue weighted by Crippen LogP contribution is -1.97. The van der Waals surface area contributed by atoms with Gasteiger partial charge in [0.05, 0.1) is 10.5 Å². The predicted octanol–water partition coefficient (Wildman–Crippen LogP) is 3.32. The van der Waals surface area contributed by atoms with Crippen molar-refractivity contribution in [2.75, 3.05) is 0 Å². The molecule has 1 aromatic rings. The molecular formula is C13H10N2OS. The van der Waals surface area contributed by atoms with Gasteiger partial charge in [0.15, 0.2) is 0 Å². The van der Waals surface area contributed by atoms with Gasteiger partial charge in [-0.2, -0.15) is 5.26 Å². The third-order valence-corrected chi connectivity index (χ3v) is 3.43. The van der Waals surface area contributed by atoms with Crippen LogP contribution in [-0.4, -0.2) is 10.9 Å². The minimum atomic E-state index is 0.440. The highest BCUT2D eigenvalue weighted by atomic mass is 32.2. The maximum absolute atomic E-state index is 9.29. The monoisotopic (exact) mass is 242 g/mol. The van der Waals surface area contributed by atoms with E-state index in [1.54, 1.807) is 11.5 Å². The number of hydrogen-bond acceptors (Lipinski definition) is 4. The molecule has 4 heteroatoms. The van der Waals surface area contributed by atoms with E-state index in [1.807, 2.05) is 31.2 Å². The molecule has 0 aromatic heterocycles. The average Bonchev–Trinajstić information content (AvgIpc) is 2.81. The third kappa shape index (κ3) is 2.10. The number of hydrogen-bond donors (Lipinski definition) is 1. The zero-order valence-electron chi connectivity index (χ0n) is 9.21. The van der Waals surface area contributed by atoms with Crippen molar-refractivity contribution in [1.82, 2.24) is 0 Å². The second-order valence-electron chi connectivity index (χ2n) is 3.54. The number of nitrogens with zero attached hydrogens (tertiary/aromatic N) is 2. The molecule has 1 aliphatic rings. The molecule has 0 saturated heterocycles. The third-order valence-electron chi connectivity index (χ3n) is 2.51. The zero-order valence-corrected chi connectivity index (χ0v) is 10.0. The van der Waals surface area contributed by atoms with Gasteiger partial charge >= 0.3 is 0 Å². The minimum Gasteiger partial charge on any atom is -0.410 e. The van der Waals surface area contributed by atoms with E-state index in [4.69, 9.17) is 5.21 Å². The first-order chi connectivity index (χ1) is 8.27. The van der Waals surface area contributed by atoms with Gasteiger partial charge in [-0.3, -0.25) is 0 Å². The van der Waals surface area contributed by atoms with Crippen LogP contribution in [0.1, 0.15) is 11.1 Å². The maximum atomic E-state index is 9.29. The Hall–Kier alpha value is -1.99. The summed E-state index contributed by atoms with van der Waals surface area (Å²) in [4.78, 5) is 0.698. The van der Waals surface area contributed by atoms with E-state index in [0.717, 1.165) is 11.1 Å². The van der Waals surface area contributed by atoms with E-state index >= 15 is 0 Å². The standard InChI is InChI=1S/C13H10N2OS/c1-9-4-2-3-5-10(9)11(8-14)13-12(15-16)6-7-17-13/h2-7,16H,1H3. The Morgan fingerprint density at radius 2 is 2.18 bits per heavy atom. The molecule has 2 rings (SSSR count). The molecule has 17 heavy (non-hydrogen) atoms. The van der Waals surface area contributed by atoms with Crippen LogP contribution in [0.2, 0.25) is 0 Å². The largest absolute Gasteiger partial charge is 0.410 e. The normalized spacial score (nSPS) is 19.4. The maximum Gasteiger partial charge on any atom is 0.118 e. The summed E-state index contributed by atoms with van der Waals surface area (Å²) in [6.45, 7) is 1.95. The molecule has 1 aromatic carbocycles. The van der Waals surface area contributed by atoms with Gasteiger partial charge in [0, 0.05) is 0 Å². The van der Waals surface area contributed by atoms with Gasteiger partial charge in [0.1, 0.15) is 11.8 Å². The molecule has 0 amide bonds. The van der Waals surface area contributed by atoms with Crippen LogP contribution < -0.4 is 0 Å². The van der Waals surface area contributed by atoms with Crippen molar-refractivity contribution < 1.29 is 5.21 Å². The first-order valence-electron chi connectivity index (χ1n) is 5.04. The van der Waals surface area contributed by atoms with Gasteiger partial charge in [0.25, 0.3) is 0 Å². The fraction of sp³-hybridized carbons (Fsp3) is 0.0769. The predicted molar refractivity (Wildman–Crippen MR) is 69.7 cm³/mol. The number of benzene rings is 1. The highest BCUT2D eigenvalue weighted by Crippen LogP contribution is 2.34. The molecule has 3 nitrogen and oxygen atoms in total. The lowest BCUT2D eigenvalue weighted by Gasteiger charge is -2.06. The second kappa shape index (κ2) is 4.89. The summed E-state index contributed by atoms with van der Waals surface area (Å²) in [6.07, 6.45) is 1.69. The molecule has 0 unspecified atom stereocenters. The van der Waals surface area contributed by atoms with Crippen molar-refractivity contribution in [2.24, 2.45) is 5.16 Å². The van der Waals surface area contributed by atoms with E-state index in [-0.39, 0.29) is 0 Å². The summed E-state index contributed by atoms with van der Waals surface area (Å²) in [5, 5.41) is 23.2. The summed E-state index contributed by atoms with van der Waals surface area (Å²) >= 11 is 1.40. The molecule has 0 aliphatic carbocycles. The Kier molecular flexibility index (Phi) is 3.31. The quantitative estimate of drug-likeness (QED) is 0.467. The Bertz CT molecular complexity index is 579. The van der Waals surface area contributed by atoms with Gasteiger partial charge in [0.2, 0.25) is 0 Å². The smallest absolute Gasteiger partial charge is 0.118 e. The molecule has 0 saturated carbocycles. The number of oxime groups is 1. The van der Waals surface area contributed by atoms with Crippen LogP contribution in [0, 0.1) is 18.3 Å². The molecule has 0 radical (unpaired) electrons. The average molecular weight is 242 g/mol. The number of nitriles is 1. The number of aryl methyl sites for hydroxylation is 1. The van der Waals surface area contributed by atoms with Crippen LogP contribution in [0.25, 0.3) is 5.57 Å².